The van der Waals surface area contributed by atoms with Crippen molar-refractivity contribution < 1.29 is 13.6 Å². The molecule has 0 aliphatic rings. The first-order chi connectivity index (χ1) is 9.29. The topological polar surface area (TPSA) is 46.3 Å². The third-order valence-corrected chi connectivity index (χ3v) is 3.06. The minimum atomic E-state index is -0.747. The number of benzene rings is 1. The highest BCUT2D eigenvalue weighted by Gasteiger charge is 2.24. The molecule has 0 saturated carbocycles. The maximum Gasteiger partial charge on any atom is 0.254 e. The van der Waals surface area contributed by atoms with Gasteiger partial charge in [-0.15, -0.1) is 0 Å². The molecule has 0 aliphatic carbocycles. The van der Waals surface area contributed by atoms with E-state index in [2.05, 4.69) is 0 Å². The van der Waals surface area contributed by atoms with Gasteiger partial charge in [0.25, 0.3) is 5.91 Å². The van der Waals surface area contributed by atoms with Crippen LogP contribution in [0.2, 0.25) is 0 Å². The summed E-state index contributed by atoms with van der Waals surface area (Å²) in [6.45, 7) is 7.26. The molecule has 2 N–H and O–H groups in total. The Kier molecular flexibility index (Phi) is 5.62. The number of carbonyl (C=O) groups is 1. The van der Waals surface area contributed by atoms with Crippen molar-refractivity contribution >= 4 is 5.91 Å². The van der Waals surface area contributed by atoms with Gasteiger partial charge in [-0.25, -0.2) is 8.78 Å². The van der Waals surface area contributed by atoms with Gasteiger partial charge >= 0.3 is 0 Å². The molecule has 0 unspecified atom stereocenters. The molecule has 0 radical (unpaired) electrons. The average Bonchev–Trinajstić information content (AvgIpc) is 2.36. The first-order valence-corrected chi connectivity index (χ1v) is 6.74. The smallest absolute Gasteiger partial charge is 0.254 e. The average molecular weight is 284 g/mol. The molecule has 0 bridgehead atoms. The molecule has 1 aromatic carbocycles. The van der Waals surface area contributed by atoms with Crippen molar-refractivity contribution in [3.63, 3.8) is 0 Å². The molecule has 0 atom stereocenters. The van der Waals surface area contributed by atoms with Gasteiger partial charge in [0, 0.05) is 24.7 Å². The lowest BCUT2D eigenvalue weighted by Gasteiger charge is -2.31. The molecule has 20 heavy (non-hydrogen) atoms. The maximum atomic E-state index is 13.2. The molecule has 0 aromatic heterocycles. The monoisotopic (exact) mass is 284 g/mol. The van der Waals surface area contributed by atoms with Crippen molar-refractivity contribution in [2.75, 3.05) is 19.6 Å². The molecule has 0 fully saturated rings. The third kappa shape index (κ3) is 4.56. The second kappa shape index (κ2) is 6.79. The van der Waals surface area contributed by atoms with Crippen LogP contribution in [0, 0.1) is 17.0 Å². The molecular weight excluding hydrogens is 262 g/mol. The molecule has 1 amide bonds. The van der Waals surface area contributed by atoms with E-state index in [0.29, 0.717) is 19.6 Å². The number of hydrogen-bond acceptors (Lipinski definition) is 2. The van der Waals surface area contributed by atoms with Crippen LogP contribution in [-0.4, -0.2) is 30.4 Å². The van der Waals surface area contributed by atoms with Crippen molar-refractivity contribution in [2.45, 2.75) is 27.2 Å². The van der Waals surface area contributed by atoms with E-state index >= 15 is 0 Å². The lowest BCUT2D eigenvalue weighted by molar-refractivity contribution is 0.0688. The van der Waals surface area contributed by atoms with E-state index in [1.165, 1.54) is 0 Å². The maximum absolute atomic E-state index is 13.2. The Morgan fingerprint density at radius 1 is 1.25 bits per heavy atom. The van der Waals surface area contributed by atoms with Gasteiger partial charge in [-0.2, -0.15) is 0 Å². The second-order valence-corrected chi connectivity index (χ2v) is 5.75. The van der Waals surface area contributed by atoms with Gasteiger partial charge in [0.2, 0.25) is 0 Å². The fourth-order valence-electron chi connectivity index (χ4n) is 1.96. The summed E-state index contributed by atoms with van der Waals surface area (Å²) in [4.78, 5) is 14.0. The van der Waals surface area contributed by atoms with Crippen LogP contribution < -0.4 is 5.73 Å². The van der Waals surface area contributed by atoms with Crippen LogP contribution in [-0.2, 0) is 0 Å². The van der Waals surface area contributed by atoms with Crippen LogP contribution in [0.3, 0.4) is 0 Å². The molecule has 0 saturated heterocycles. The van der Waals surface area contributed by atoms with E-state index in [0.717, 1.165) is 24.6 Å². The van der Waals surface area contributed by atoms with Crippen molar-refractivity contribution in [3.8, 4) is 0 Å². The van der Waals surface area contributed by atoms with E-state index in [9.17, 15) is 13.6 Å². The van der Waals surface area contributed by atoms with Gasteiger partial charge in [0.1, 0.15) is 11.6 Å². The zero-order valence-electron chi connectivity index (χ0n) is 12.2. The molecule has 112 valence electrons. The van der Waals surface area contributed by atoms with Gasteiger partial charge in [-0.1, -0.05) is 20.8 Å². The molecule has 0 aliphatic heterocycles. The van der Waals surface area contributed by atoms with Gasteiger partial charge in [-0.3, -0.25) is 4.79 Å². The Balaban J connectivity index is 2.99. The van der Waals surface area contributed by atoms with Crippen LogP contribution in [0.15, 0.2) is 18.2 Å². The zero-order chi connectivity index (χ0) is 15.3. The van der Waals surface area contributed by atoms with Gasteiger partial charge in [0.05, 0.1) is 0 Å². The molecule has 0 spiro atoms. The van der Waals surface area contributed by atoms with Crippen molar-refractivity contribution in [1.82, 2.24) is 4.90 Å². The van der Waals surface area contributed by atoms with Crippen LogP contribution in [0.25, 0.3) is 0 Å². The molecule has 1 rings (SSSR count). The Hall–Kier alpha value is -1.49. The van der Waals surface area contributed by atoms with E-state index in [1.807, 2.05) is 20.8 Å². The van der Waals surface area contributed by atoms with E-state index < -0.39 is 11.6 Å². The Bertz CT molecular complexity index is 455. The standard InChI is InChI=1S/C15H22F2N2O/c1-4-5-19(10-15(2,3)9-18)14(20)11-6-12(16)8-13(17)7-11/h6-8H,4-5,9-10,18H2,1-3H3. The van der Waals surface area contributed by atoms with Crippen molar-refractivity contribution in [3.05, 3.63) is 35.4 Å². The molecular formula is C15H22F2N2O. The lowest BCUT2D eigenvalue weighted by Crippen LogP contribution is -2.42. The lowest BCUT2D eigenvalue weighted by atomic mass is 9.92. The number of hydrogen-bond donors (Lipinski definition) is 1. The second-order valence-electron chi connectivity index (χ2n) is 5.75. The summed E-state index contributed by atoms with van der Waals surface area (Å²) < 4.78 is 26.4. The van der Waals surface area contributed by atoms with Crippen molar-refractivity contribution in [1.29, 1.82) is 0 Å². The molecule has 0 heterocycles. The summed E-state index contributed by atoms with van der Waals surface area (Å²) in [5.41, 5.74) is 5.47. The van der Waals surface area contributed by atoms with E-state index in [1.54, 1.807) is 4.90 Å². The summed E-state index contributed by atoms with van der Waals surface area (Å²) >= 11 is 0. The SMILES string of the molecule is CCCN(CC(C)(C)CN)C(=O)c1cc(F)cc(F)c1. The summed E-state index contributed by atoms with van der Waals surface area (Å²) in [6, 6.07) is 2.87. The largest absolute Gasteiger partial charge is 0.338 e. The summed E-state index contributed by atoms with van der Waals surface area (Å²) in [6.07, 6.45) is 0.768. The molecule has 1 aromatic rings. The highest BCUT2D eigenvalue weighted by Crippen LogP contribution is 2.18. The van der Waals surface area contributed by atoms with Gasteiger partial charge in [-0.05, 0) is 30.5 Å². The van der Waals surface area contributed by atoms with Crippen molar-refractivity contribution in [2.24, 2.45) is 11.1 Å². The Morgan fingerprint density at radius 3 is 2.25 bits per heavy atom. The van der Waals surface area contributed by atoms with Gasteiger partial charge in [0.15, 0.2) is 0 Å². The van der Waals surface area contributed by atoms with Crippen LogP contribution >= 0.6 is 0 Å². The summed E-state index contributed by atoms with van der Waals surface area (Å²) in [5.74, 6) is -1.86. The number of halogens is 2. The molecule has 5 heteroatoms. The van der Waals surface area contributed by atoms with Gasteiger partial charge < -0.3 is 10.6 Å². The highest BCUT2D eigenvalue weighted by atomic mass is 19.1. The number of nitrogens with two attached hydrogens (primary N) is 1. The van der Waals surface area contributed by atoms with Crippen LogP contribution in [0.4, 0.5) is 8.78 Å². The number of nitrogens with zero attached hydrogens (tertiary/aromatic N) is 1. The number of rotatable bonds is 6. The summed E-state index contributed by atoms with van der Waals surface area (Å²) in [5, 5.41) is 0. The normalized spacial score (nSPS) is 11.5. The predicted octanol–water partition coefficient (Wildman–Crippen LogP) is 2.80. The highest BCUT2D eigenvalue weighted by molar-refractivity contribution is 5.94. The minimum absolute atomic E-state index is 0.0313. The zero-order valence-corrected chi connectivity index (χ0v) is 12.2. The fraction of sp³-hybridized carbons (Fsp3) is 0.533. The van der Waals surface area contributed by atoms with E-state index in [4.69, 9.17) is 5.73 Å². The van der Waals surface area contributed by atoms with Crippen LogP contribution in [0.1, 0.15) is 37.6 Å². The number of carbonyl (C=O) groups excluding carboxylic acids is 1. The first-order valence-electron chi connectivity index (χ1n) is 6.74. The van der Waals surface area contributed by atoms with Crippen LogP contribution in [0.5, 0.6) is 0 Å². The first kappa shape index (κ1) is 16.6. The quantitative estimate of drug-likeness (QED) is 0.873. The fourth-order valence-corrected chi connectivity index (χ4v) is 1.96. The summed E-state index contributed by atoms with van der Waals surface area (Å²) in [7, 11) is 0. The van der Waals surface area contributed by atoms with E-state index in [-0.39, 0.29) is 16.9 Å². The third-order valence-electron chi connectivity index (χ3n) is 3.06. The minimum Gasteiger partial charge on any atom is -0.338 e. The predicted molar refractivity (Wildman–Crippen MR) is 75.4 cm³/mol. The Labute approximate surface area is 118 Å². The Morgan fingerprint density at radius 2 is 1.80 bits per heavy atom. The number of amides is 1. The molecule has 3 nitrogen and oxygen atoms in total.